The van der Waals surface area contributed by atoms with Gasteiger partial charge in [-0.3, -0.25) is 0 Å². The van der Waals surface area contributed by atoms with Crippen molar-refractivity contribution in [3.05, 3.63) is 24.0 Å². The Bertz CT molecular complexity index is 559. The molecule has 1 heterocycles. The number of anilines is 1. The summed E-state index contributed by atoms with van der Waals surface area (Å²) in [5.41, 5.74) is 1.43. The summed E-state index contributed by atoms with van der Waals surface area (Å²) >= 11 is 0. The zero-order chi connectivity index (χ0) is 14.0. The van der Waals surface area contributed by atoms with Gasteiger partial charge in [-0.1, -0.05) is 20.8 Å². The van der Waals surface area contributed by atoms with Crippen molar-refractivity contribution in [2.75, 3.05) is 11.9 Å². The minimum atomic E-state index is -0.440. The van der Waals surface area contributed by atoms with Gasteiger partial charge in [-0.15, -0.1) is 0 Å². The van der Waals surface area contributed by atoms with Crippen molar-refractivity contribution in [3.8, 4) is 0 Å². The van der Waals surface area contributed by atoms with Gasteiger partial charge in [0.25, 0.3) is 0 Å². The standard InChI is InChI=1S/C14H20FN3O/c1-14(2,3)7-10(19)8-16-13-17-11-5-4-9(15)6-12(11)18-13/h4-6,10,19H,7-8H2,1-3H3,(H2,16,17,18). The quantitative estimate of drug-likeness (QED) is 0.796. The summed E-state index contributed by atoms with van der Waals surface area (Å²) in [7, 11) is 0. The first-order valence-electron chi connectivity index (χ1n) is 6.41. The molecule has 0 spiro atoms. The number of H-pyrrole nitrogens is 1. The third kappa shape index (κ3) is 3.92. The summed E-state index contributed by atoms with van der Waals surface area (Å²) in [6.07, 6.45) is 0.263. The van der Waals surface area contributed by atoms with E-state index in [1.807, 2.05) is 0 Å². The highest BCUT2D eigenvalue weighted by molar-refractivity contribution is 5.77. The van der Waals surface area contributed by atoms with E-state index in [1.54, 1.807) is 6.07 Å². The summed E-state index contributed by atoms with van der Waals surface area (Å²) < 4.78 is 13.0. The van der Waals surface area contributed by atoms with Gasteiger partial charge in [0.05, 0.1) is 17.1 Å². The highest BCUT2D eigenvalue weighted by Crippen LogP contribution is 2.21. The molecule has 0 saturated heterocycles. The van der Waals surface area contributed by atoms with Crippen molar-refractivity contribution in [3.63, 3.8) is 0 Å². The third-order valence-electron chi connectivity index (χ3n) is 2.80. The van der Waals surface area contributed by atoms with Crippen LogP contribution >= 0.6 is 0 Å². The molecule has 1 aromatic carbocycles. The summed E-state index contributed by atoms with van der Waals surface area (Å²) in [5, 5.41) is 12.9. The van der Waals surface area contributed by atoms with Crippen LogP contribution in [0.2, 0.25) is 0 Å². The first kappa shape index (κ1) is 13.8. The Balaban J connectivity index is 1.98. The molecule has 0 radical (unpaired) electrons. The van der Waals surface area contributed by atoms with E-state index in [-0.39, 0.29) is 11.2 Å². The molecule has 104 valence electrons. The summed E-state index contributed by atoms with van der Waals surface area (Å²) in [5.74, 6) is 0.254. The van der Waals surface area contributed by atoms with Gasteiger partial charge in [-0.2, -0.15) is 0 Å². The van der Waals surface area contributed by atoms with Crippen LogP contribution < -0.4 is 5.32 Å². The number of fused-ring (bicyclic) bond motifs is 1. The second-order valence-corrected chi connectivity index (χ2v) is 6.05. The Kier molecular flexibility index (Phi) is 3.75. The molecule has 0 aliphatic heterocycles. The minimum Gasteiger partial charge on any atom is -0.391 e. The molecular weight excluding hydrogens is 245 g/mol. The van der Waals surface area contributed by atoms with E-state index in [1.165, 1.54) is 12.1 Å². The molecule has 0 fully saturated rings. The number of nitrogens with zero attached hydrogens (tertiary/aromatic N) is 1. The fourth-order valence-corrected chi connectivity index (χ4v) is 2.06. The normalized spacial score (nSPS) is 13.7. The van der Waals surface area contributed by atoms with E-state index in [0.29, 0.717) is 29.9 Å². The van der Waals surface area contributed by atoms with Crippen molar-refractivity contribution < 1.29 is 9.50 Å². The molecule has 0 aliphatic carbocycles. The van der Waals surface area contributed by atoms with Crippen LogP contribution in [0.1, 0.15) is 27.2 Å². The van der Waals surface area contributed by atoms with Crippen LogP contribution in [-0.4, -0.2) is 27.7 Å². The van der Waals surface area contributed by atoms with Gasteiger partial charge in [0, 0.05) is 6.54 Å². The highest BCUT2D eigenvalue weighted by atomic mass is 19.1. The van der Waals surface area contributed by atoms with E-state index in [2.05, 4.69) is 36.1 Å². The average Bonchev–Trinajstić information content (AvgIpc) is 2.66. The van der Waals surface area contributed by atoms with Crippen molar-refractivity contribution in [1.82, 2.24) is 9.97 Å². The monoisotopic (exact) mass is 265 g/mol. The number of aliphatic hydroxyl groups excluding tert-OH is 1. The first-order valence-corrected chi connectivity index (χ1v) is 6.41. The lowest BCUT2D eigenvalue weighted by molar-refractivity contribution is 0.132. The zero-order valence-corrected chi connectivity index (χ0v) is 11.5. The van der Waals surface area contributed by atoms with Crippen LogP contribution in [0.3, 0.4) is 0 Å². The van der Waals surface area contributed by atoms with E-state index in [9.17, 15) is 9.50 Å². The van der Waals surface area contributed by atoms with Crippen molar-refractivity contribution in [2.24, 2.45) is 5.41 Å². The number of aromatic amines is 1. The van der Waals surface area contributed by atoms with Gasteiger partial charge >= 0.3 is 0 Å². The lowest BCUT2D eigenvalue weighted by Gasteiger charge is -2.22. The molecule has 0 amide bonds. The van der Waals surface area contributed by atoms with Gasteiger partial charge in [-0.25, -0.2) is 9.37 Å². The third-order valence-corrected chi connectivity index (χ3v) is 2.80. The Morgan fingerprint density at radius 3 is 2.84 bits per heavy atom. The molecule has 1 aromatic heterocycles. The van der Waals surface area contributed by atoms with E-state index < -0.39 is 6.10 Å². The van der Waals surface area contributed by atoms with Gasteiger partial charge in [0.15, 0.2) is 0 Å². The fraction of sp³-hybridized carbons (Fsp3) is 0.500. The Morgan fingerprint density at radius 2 is 2.16 bits per heavy atom. The predicted octanol–water partition coefficient (Wildman–Crippen LogP) is 2.91. The summed E-state index contributed by atoms with van der Waals surface area (Å²) in [6.45, 7) is 6.67. The van der Waals surface area contributed by atoms with E-state index >= 15 is 0 Å². The predicted molar refractivity (Wildman–Crippen MR) is 74.6 cm³/mol. The minimum absolute atomic E-state index is 0.0815. The lowest BCUT2D eigenvalue weighted by atomic mass is 9.89. The van der Waals surface area contributed by atoms with Crippen molar-refractivity contribution >= 4 is 17.0 Å². The second-order valence-electron chi connectivity index (χ2n) is 6.05. The Labute approximate surface area is 112 Å². The molecule has 4 nitrogen and oxygen atoms in total. The number of nitrogens with one attached hydrogen (secondary N) is 2. The largest absolute Gasteiger partial charge is 0.391 e. The average molecular weight is 265 g/mol. The number of hydrogen-bond donors (Lipinski definition) is 3. The van der Waals surface area contributed by atoms with E-state index in [0.717, 1.165) is 0 Å². The molecule has 1 unspecified atom stereocenters. The molecule has 3 N–H and O–H groups in total. The van der Waals surface area contributed by atoms with E-state index in [4.69, 9.17) is 0 Å². The maximum absolute atomic E-state index is 13.0. The molecule has 19 heavy (non-hydrogen) atoms. The summed E-state index contributed by atoms with van der Waals surface area (Å²) in [4.78, 5) is 7.26. The Hall–Kier alpha value is -1.62. The van der Waals surface area contributed by atoms with Crippen LogP contribution in [0, 0.1) is 11.2 Å². The highest BCUT2D eigenvalue weighted by Gasteiger charge is 2.16. The Morgan fingerprint density at radius 1 is 1.42 bits per heavy atom. The number of benzene rings is 1. The molecule has 1 atom stereocenters. The van der Waals surface area contributed by atoms with Crippen LogP contribution in [0.15, 0.2) is 18.2 Å². The van der Waals surface area contributed by atoms with Gasteiger partial charge < -0.3 is 15.4 Å². The molecular formula is C14H20FN3O. The number of aliphatic hydroxyl groups is 1. The summed E-state index contributed by atoms with van der Waals surface area (Å²) in [6, 6.07) is 4.40. The van der Waals surface area contributed by atoms with Crippen molar-refractivity contribution in [1.29, 1.82) is 0 Å². The fourth-order valence-electron chi connectivity index (χ4n) is 2.06. The number of hydrogen-bond acceptors (Lipinski definition) is 3. The first-order chi connectivity index (χ1) is 8.83. The maximum atomic E-state index is 13.0. The van der Waals surface area contributed by atoms with Crippen LogP contribution in [0.25, 0.3) is 11.0 Å². The topological polar surface area (TPSA) is 60.9 Å². The van der Waals surface area contributed by atoms with Crippen molar-refractivity contribution in [2.45, 2.75) is 33.3 Å². The molecule has 5 heteroatoms. The molecule has 0 aliphatic rings. The van der Waals surface area contributed by atoms with Gasteiger partial charge in [-0.05, 0) is 30.0 Å². The second kappa shape index (κ2) is 5.17. The molecule has 0 bridgehead atoms. The van der Waals surface area contributed by atoms with Crippen LogP contribution in [0.4, 0.5) is 10.3 Å². The molecule has 2 rings (SSSR count). The maximum Gasteiger partial charge on any atom is 0.201 e. The number of imidazole rings is 1. The van der Waals surface area contributed by atoms with Gasteiger partial charge in [0.1, 0.15) is 5.82 Å². The number of rotatable bonds is 4. The SMILES string of the molecule is CC(C)(C)CC(O)CNc1nc2ccc(F)cc2[nH]1. The lowest BCUT2D eigenvalue weighted by Crippen LogP contribution is -2.25. The molecule has 2 aromatic rings. The number of halogens is 1. The molecule has 0 saturated carbocycles. The van der Waals surface area contributed by atoms with Crippen LogP contribution in [0.5, 0.6) is 0 Å². The smallest absolute Gasteiger partial charge is 0.201 e. The van der Waals surface area contributed by atoms with Gasteiger partial charge in [0.2, 0.25) is 5.95 Å². The number of aromatic nitrogens is 2. The zero-order valence-electron chi connectivity index (χ0n) is 11.5. The van der Waals surface area contributed by atoms with Crippen LogP contribution in [-0.2, 0) is 0 Å².